The van der Waals surface area contributed by atoms with Crippen molar-refractivity contribution >= 4 is 22.6 Å². The minimum absolute atomic E-state index is 0.215. The van der Waals surface area contributed by atoms with Gasteiger partial charge in [0.15, 0.2) is 0 Å². The summed E-state index contributed by atoms with van der Waals surface area (Å²) in [7, 11) is 0. The van der Waals surface area contributed by atoms with Gasteiger partial charge in [0.2, 0.25) is 5.95 Å². The summed E-state index contributed by atoms with van der Waals surface area (Å²) < 4.78 is 13.2. The van der Waals surface area contributed by atoms with Crippen molar-refractivity contribution in [1.29, 1.82) is 0 Å². The molecule has 1 rings (SSSR count). The van der Waals surface area contributed by atoms with Crippen LogP contribution < -0.4 is 0 Å². The van der Waals surface area contributed by atoms with E-state index in [0.29, 0.717) is 0 Å². The Bertz CT molecular complexity index is 207. The van der Waals surface area contributed by atoms with E-state index in [1.165, 1.54) is 0 Å². The molecular formula is C6H7FIN. The second kappa shape index (κ2) is 2.68. The lowest BCUT2D eigenvalue weighted by Crippen LogP contribution is -1.79. The van der Waals surface area contributed by atoms with Gasteiger partial charge in [-0.2, -0.15) is 4.39 Å². The zero-order chi connectivity index (χ0) is 6.85. The first-order chi connectivity index (χ1) is 4.25. The smallest absolute Gasteiger partial charge is 0.204 e. The molecule has 0 spiro atoms. The Morgan fingerprint density at radius 3 is 2.67 bits per heavy atom. The summed E-state index contributed by atoms with van der Waals surface area (Å²) in [4.78, 5) is 2.51. The molecule has 0 fully saturated rings. The number of hydrogen-bond donors (Lipinski definition) is 1. The third-order valence-electron chi connectivity index (χ3n) is 1.23. The maximum absolute atomic E-state index is 12.5. The van der Waals surface area contributed by atoms with Gasteiger partial charge in [-0.25, -0.2) is 0 Å². The first-order valence-corrected chi connectivity index (χ1v) is 3.84. The molecule has 0 aliphatic heterocycles. The number of rotatable bonds is 1. The predicted octanol–water partition coefficient (Wildman–Crippen LogP) is 2.32. The zero-order valence-electron chi connectivity index (χ0n) is 5.04. The normalized spacial score (nSPS) is 10.1. The molecule has 3 heteroatoms. The Balaban J connectivity index is 3.04. The molecule has 0 aromatic carbocycles. The van der Waals surface area contributed by atoms with Crippen LogP contribution in [0.2, 0.25) is 0 Å². The van der Waals surface area contributed by atoms with E-state index in [4.69, 9.17) is 0 Å². The molecule has 1 aromatic heterocycles. The SMILES string of the molecule is CCc1c[nH]c(F)c1I. The molecule has 0 saturated heterocycles. The summed E-state index contributed by atoms with van der Waals surface area (Å²) in [5.41, 5.74) is 1.05. The Labute approximate surface area is 66.8 Å². The van der Waals surface area contributed by atoms with Crippen molar-refractivity contribution < 1.29 is 4.39 Å². The average molecular weight is 239 g/mol. The molecule has 9 heavy (non-hydrogen) atoms. The fraction of sp³-hybridized carbons (Fsp3) is 0.333. The molecule has 1 aromatic rings. The van der Waals surface area contributed by atoms with Crippen LogP contribution in [-0.4, -0.2) is 4.98 Å². The van der Waals surface area contributed by atoms with Crippen molar-refractivity contribution in [1.82, 2.24) is 4.98 Å². The van der Waals surface area contributed by atoms with Crippen LogP contribution in [-0.2, 0) is 6.42 Å². The molecule has 0 unspecified atom stereocenters. The van der Waals surface area contributed by atoms with Gasteiger partial charge in [0.05, 0.1) is 3.57 Å². The molecule has 1 heterocycles. The molecule has 1 N–H and O–H groups in total. The molecular weight excluding hydrogens is 232 g/mol. The summed E-state index contributed by atoms with van der Waals surface area (Å²) >= 11 is 1.99. The highest BCUT2D eigenvalue weighted by Gasteiger charge is 2.03. The molecule has 0 radical (unpaired) electrons. The van der Waals surface area contributed by atoms with Gasteiger partial charge in [-0.1, -0.05) is 6.92 Å². The van der Waals surface area contributed by atoms with Gasteiger partial charge in [0, 0.05) is 6.20 Å². The van der Waals surface area contributed by atoms with E-state index in [1.807, 2.05) is 29.5 Å². The summed E-state index contributed by atoms with van der Waals surface area (Å²) in [6, 6.07) is 0. The van der Waals surface area contributed by atoms with E-state index in [9.17, 15) is 4.39 Å². The van der Waals surface area contributed by atoms with Gasteiger partial charge >= 0.3 is 0 Å². The first kappa shape index (κ1) is 7.05. The molecule has 0 aliphatic rings. The number of hydrogen-bond acceptors (Lipinski definition) is 0. The lowest BCUT2D eigenvalue weighted by atomic mass is 10.3. The van der Waals surface area contributed by atoms with E-state index >= 15 is 0 Å². The maximum Gasteiger partial charge on any atom is 0.204 e. The molecule has 0 aliphatic carbocycles. The predicted molar refractivity (Wildman–Crippen MR) is 42.8 cm³/mol. The van der Waals surface area contributed by atoms with Crippen molar-refractivity contribution in [2.24, 2.45) is 0 Å². The topological polar surface area (TPSA) is 15.8 Å². The Morgan fingerprint density at radius 2 is 2.44 bits per heavy atom. The van der Waals surface area contributed by atoms with Gasteiger partial charge < -0.3 is 4.98 Å². The van der Waals surface area contributed by atoms with Crippen LogP contribution >= 0.6 is 22.6 Å². The minimum atomic E-state index is -0.215. The van der Waals surface area contributed by atoms with Gasteiger partial charge in [-0.3, -0.25) is 0 Å². The van der Waals surface area contributed by atoms with E-state index in [1.54, 1.807) is 6.20 Å². The lowest BCUT2D eigenvalue weighted by molar-refractivity contribution is 0.584. The van der Waals surface area contributed by atoms with Gasteiger partial charge in [0.25, 0.3) is 0 Å². The highest BCUT2D eigenvalue weighted by molar-refractivity contribution is 14.1. The van der Waals surface area contributed by atoms with Crippen LogP contribution in [0.1, 0.15) is 12.5 Å². The summed E-state index contributed by atoms with van der Waals surface area (Å²) in [6.07, 6.45) is 2.59. The van der Waals surface area contributed by atoms with Crippen LogP contribution in [0.4, 0.5) is 4.39 Å². The van der Waals surface area contributed by atoms with Crippen LogP contribution in [0.3, 0.4) is 0 Å². The van der Waals surface area contributed by atoms with Crippen LogP contribution in [0.5, 0.6) is 0 Å². The zero-order valence-corrected chi connectivity index (χ0v) is 7.20. The van der Waals surface area contributed by atoms with E-state index < -0.39 is 0 Å². The summed E-state index contributed by atoms with van der Waals surface area (Å²) in [5, 5.41) is 0. The van der Waals surface area contributed by atoms with Gasteiger partial charge in [0.1, 0.15) is 0 Å². The van der Waals surface area contributed by atoms with Crippen LogP contribution in [0, 0.1) is 9.52 Å². The number of H-pyrrole nitrogens is 1. The first-order valence-electron chi connectivity index (χ1n) is 2.77. The van der Waals surface area contributed by atoms with Crippen molar-refractivity contribution in [3.8, 4) is 0 Å². The largest absolute Gasteiger partial charge is 0.337 e. The van der Waals surface area contributed by atoms with Gasteiger partial charge in [-0.15, -0.1) is 0 Å². The van der Waals surface area contributed by atoms with Crippen LogP contribution in [0.25, 0.3) is 0 Å². The lowest BCUT2D eigenvalue weighted by Gasteiger charge is -1.86. The number of halogens is 2. The number of aryl methyl sites for hydroxylation is 1. The monoisotopic (exact) mass is 239 g/mol. The summed E-state index contributed by atoms with van der Waals surface area (Å²) in [6.45, 7) is 2.00. The molecule has 0 saturated carbocycles. The molecule has 0 bridgehead atoms. The number of nitrogens with one attached hydrogen (secondary N) is 1. The number of aromatic amines is 1. The van der Waals surface area contributed by atoms with Crippen molar-refractivity contribution in [2.75, 3.05) is 0 Å². The molecule has 1 nitrogen and oxygen atoms in total. The molecule has 0 atom stereocenters. The van der Waals surface area contributed by atoms with E-state index in [2.05, 4.69) is 4.98 Å². The Kier molecular flexibility index (Phi) is 2.10. The van der Waals surface area contributed by atoms with Gasteiger partial charge in [-0.05, 0) is 34.6 Å². The third kappa shape index (κ3) is 1.26. The Morgan fingerprint density at radius 1 is 1.78 bits per heavy atom. The standard InChI is InChI=1S/C6H7FIN/c1-2-4-3-9-6(7)5(4)8/h3,9H,2H2,1H3. The molecule has 0 amide bonds. The maximum atomic E-state index is 12.5. The van der Waals surface area contributed by atoms with Crippen molar-refractivity contribution in [3.05, 3.63) is 21.3 Å². The van der Waals surface area contributed by atoms with E-state index in [0.717, 1.165) is 15.6 Å². The minimum Gasteiger partial charge on any atom is -0.337 e. The number of aromatic nitrogens is 1. The second-order valence-corrected chi connectivity index (χ2v) is 2.87. The third-order valence-corrected chi connectivity index (χ3v) is 2.40. The molecule has 50 valence electrons. The summed E-state index contributed by atoms with van der Waals surface area (Å²) in [5.74, 6) is -0.215. The van der Waals surface area contributed by atoms with E-state index in [-0.39, 0.29) is 5.95 Å². The van der Waals surface area contributed by atoms with Crippen LogP contribution in [0.15, 0.2) is 6.20 Å². The fourth-order valence-corrected chi connectivity index (χ4v) is 1.37. The van der Waals surface area contributed by atoms with Crippen molar-refractivity contribution in [2.45, 2.75) is 13.3 Å². The second-order valence-electron chi connectivity index (χ2n) is 1.80. The Hall–Kier alpha value is -0.0600. The highest BCUT2D eigenvalue weighted by atomic mass is 127. The fourth-order valence-electron chi connectivity index (χ4n) is 0.675. The highest BCUT2D eigenvalue weighted by Crippen LogP contribution is 2.14. The average Bonchev–Trinajstić information content (AvgIpc) is 2.15. The quantitative estimate of drug-likeness (QED) is 0.724. The van der Waals surface area contributed by atoms with Crippen molar-refractivity contribution in [3.63, 3.8) is 0 Å².